The van der Waals surface area contributed by atoms with Gasteiger partial charge in [0.2, 0.25) is 0 Å². The first-order valence-corrected chi connectivity index (χ1v) is 7.59. The summed E-state index contributed by atoms with van der Waals surface area (Å²) in [4.78, 5) is -0.0771. The smallest absolute Gasteiger partial charge is 0.124 e. The Labute approximate surface area is 108 Å². The highest BCUT2D eigenvalue weighted by atomic mass is 32.2. The molecule has 0 amide bonds. The van der Waals surface area contributed by atoms with E-state index in [2.05, 4.69) is 0 Å². The lowest BCUT2D eigenvalue weighted by atomic mass is 9.88. The first kappa shape index (κ1) is 13.5. The molecule has 2 rings (SSSR count). The average molecular weight is 269 g/mol. The highest BCUT2D eigenvalue weighted by molar-refractivity contribution is 7.85. The zero-order valence-corrected chi connectivity index (χ0v) is 11.2. The summed E-state index contributed by atoms with van der Waals surface area (Å²) in [6, 6.07) is 6.51. The molecule has 100 valence electrons. The average Bonchev–Trinajstić information content (AvgIpc) is 2.38. The second-order valence-corrected chi connectivity index (χ2v) is 5.96. The van der Waals surface area contributed by atoms with Crippen molar-refractivity contribution in [3.05, 3.63) is 29.8 Å². The van der Waals surface area contributed by atoms with E-state index in [4.69, 9.17) is 4.74 Å². The molecule has 1 aliphatic rings. The van der Waals surface area contributed by atoms with Crippen LogP contribution in [0.25, 0.3) is 0 Å². The van der Waals surface area contributed by atoms with Gasteiger partial charge in [-0.1, -0.05) is 25.1 Å². The fourth-order valence-electron chi connectivity index (χ4n) is 2.49. The Morgan fingerprint density at radius 2 is 2.11 bits per heavy atom. The van der Waals surface area contributed by atoms with Crippen LogP contribution in [0.5, 0.6) is 0 Å². The van der Waals surface area contributed by atoms with Crippen LogP contribution in [0.2, 0.25) is 0 Å². The standard InChI is InChI=1S/C13H18O4S/c1-2-11-9-10(7-8-17-11)12-5-3-4-6-13(12)18(14,15)16/h3-6,10-11H,2,7-9H2,1H3,(H,14,15,16)/p-1. The van der Waals surface area contributed by atoms with E-state index < -0.39 is 10.1 Å². The van der Waals surface area contributed by atoms with Crippen LogP contribution >= 0.6 is 0 Å². The summed E-state index contributed by atoms with van der Waals surface area (Å²) in [5.74, 6) is 0.101. The predicted octanol–water partition coefficient (Wildman–Crippen LogP) is 2.26. The van der Waals surface area contributed by atoms with Crippen molar-refractivity contribution in [1.82, 2.24) is 0 Å². The van der Waals surface area contributed by atoms with E-state index in [0.29, 0.717) is 12.2 Å². The second-order valence-electron chi connectivity index (χ2n) is 4.61. The normalized spacial score (nSPS) is 25.0. The Morgan fingerprint density at radius 1 is 1.39 bits per heavy atom. The molecule has 1 aliphatic heterocycles. The molecule has 5 heteroatoms. The van der Waals surface area contributed by atoms with Crippen molar-refractivity contribution in [1.29, 1.82) is 0 Å². The molecule has 1 heterocycles. The van der Waals surface area contributed by atoms with Crippen molar-refractivity contribution in [3.8, 4) is 0 Å². The fraction of sp³-hybridized carbons (Fsp3) is 0.538. The SMILES string of the molecule is CCC1CC(c2ccccc2S(=O)(=O)[O-])CCO1. The van der Waals surface area contributed by atoms with Crippen molar-refractivity contribution in [2.75, 3.05) is 6.61 Å². The Bertz CT molecular complexity index is 509. The lowest BCUT2D eigenvalue weighted by Crippen LogP contribution is -2.24. The summed E-state index contributed by atoms with van der Waals surface area (Å²) in [5, 5.41) is 0. The predicted molar refractivity (Wildman–Crippen MR) is 66.4 cm³/mol. The monoisotopic (exact) mass is 269 g/mol. The molecule has 1 fully saturated rings. The van der Waals surface area contributed by atoms with Crippen molar-refractivity contribution in [2.45, 2.75) is 43.1 Å². The van der Waals surface area contributed by atoms with Gasteiger partial charge in [0.25, 0.3) is 0 Å². The molecule has 4 nitrogen and oxygen atoms in total. The van der Waals surface area contributed by atoms with Crippen LogP contribution in [0.3, 0.4) is 0 Å². The van der Waals surface area contributed by atoms with E-state index in [1.165, 1.54) is 6.07 Å². The van der Waals surface area contributed by atoms with Crippen LogP contribution < -0.4 is 0 Å². The summed E-state index contributed by atoms with van der Waals surface area (Å²) < 4.78 is 39.4. The number of benzene rings is 1. The zero-order valence-electron chi connectivity index (χ0n) is 10.3. The molecule has 0 aliphatic carbocycles. The topological polar surface area (TPSA) is 66.4 Å². The molecule has 0 radical (unpaired) electrons. The Balaban J connectivity index is 2.33. The maximum Gasteiger partial charge on any atom is 0.124 e. The summed E-state index contributed by atoms with van der Waals surface area (Å²) in [7, 11) is -4.40. The van der Waals surface area contributed by atoms with Gasteiger partial charge in [-0.2, -0.15) is 0 Å². The molecular weight excluding hydrogens is 252 g/mol. The van der Waals surface area contributed by atoms with Crippen LogP contribution in [-0.4, -0.2) is 25.7 Å². The maximum absolute atomic E-state index is 11.3. The molecule has 0 saturated carbocycles. The van der Waals surface area contributed by atoms with Crippen molar-refractivity contribution < 1.29 is 17.7 Å². The number of rotatable bonds is 3. The van der Waals surface area contributed by atoms with E-state index in [-0.39, 0.29) is 16.9 Å². The van der Waals surface area contributed by atoms with Gasteiger partial charge in [0.15, 0.2) is 0 Å². The minimum absolute atomic E-state index is 0.0771. The van der Waals surface area contributed by atoms with Crippen LogP contribution in [0.15, 0.2) is 29.2 Å². The van der Waals surface area contributed by atoms with E-state index in [1.54, 1.807) is 18.2 Å². The van der Waals surface area contributed by atoms with E-state index in [1.807, 2.05) is 6.92 Å². The molecule has 0 N–H and O–H groups in total. The Hall–Kier alpha value is -0.910. The lowest BCUT2D eigenvalue weighted by Gasteiger charge is -2.30. The molecule has 2 atom stereocenters. The van der Waals surface area contributed by atoms with E-state index in [9.17, 15) is 13.0 Å². The summed E-state index contributed by atoms with van der Waals surface area (Å²) in [6.07, 6.45) is 2.61. The summed E-state index contributed by atoms with van der Waals surface area (Å²) >= 11 is 0. The summed E-state index contributed by atoms with van der Waals surface area (Å²) in [6.45, 7) is 2.67. The molecular formula is C13H17O4S-. The highest BCUT2D eigenvalue weighted by Crippen LogP contribution is 2.34. The fourth-order valence-corrected chi connectivity index (χ4v) is 3.26. The molecule has 0 aromatic heterocycles. The molecule has 1 aromatic carbocycles. The number of hydrogen-bond acceptors (Lipinski definition) is 4. The third kappa shape index (κ3) is 2.91. The molecule has 1 saturated heterocycles. The third-order valence-corrected chi connectivity index (χ3v) is 4.36. The first-order valence-electron chi connectivity index (χ1n) is 6.18. The molecule has 2 unspecified atom stereocenters. The van der Waals surface area contributed by atoms with Gasteiger partial charge in [0, 0.05) is 6.61 Å². The summed E-state index contributed by atoms with van der Waals surface area (Å²) in [5.41, 5.74) is 0.647. The Morgan fingerprint density at radius 3 is 2.78 bits per heavy atom. The van der Waals surface area contributed by atoms with Gasteiger partial charge >= 0.3 is 0 Å². The quantitative estimate of drug-likeness (QED) is 0.789. The maximum atomic E-state index is 11.3. The first-order chi connectivity index (χ1) is 8.52. The zero-order chi connectivity index (χ0) is 13.2. The number of ether oxygens (including phenoxy) is 1. The van der Waals surface area contributed by atoms with Crippen LogP contribution in [0, 0.1) is 0 Å². The van der Waals surface area contributed by atoms with Crippen LogP contribution in [0.4, 0.5) is 0 Å². The van der Waals surface area contributed by atoms with Crippen molar-refractivity contribution >= 4 is 10.1 Å². The molecule has 1 aromatic rings. The minimum Gasteiger partial charge on any atom is -0.744 e. The molecule has 18 heavy (non-hydrogen) atoms. The van der Waals surface area contributed by atoms with Gasteiger partial charge in [-0.3, -0.25) is 0 Å². The van der Waals surface area contributed by atoms with Gasteiger partial charge in [-0.25, -0.2) is 8.42 Å². The number of hydrogen-bond donors (Lipinski definition) is 0. The van der Waals surface area contributed by atoms with Gasteiger partial charge in [-0.15, -0.1) is 0 Å². The van der Waals surface area contributed by atoms with Gasteiger partial charge in [0.1, 0.15) is 10.1 Å². The van der Waals surface area contributed by atoms with E-state index in [0.717, 1.165) is 19.3 Å². The van der Waals surface area contributed by atoms with Gasteiger partial charge in [0.05, 0.1) is 11.0 Å². The van der Waals surface area contributed by atoms with Crippen molar-refractivity contribution in [3.63, 3.8) is 0 Å². The minimum atomic E-state index is -4.40. The lowest BCUT2D eigenvalue weighted by molar-refractivity contribution is 0.00443. The van der Waals surface area contributed by atoms with E-state index >= 15 is 0 Å². The highest BCUT2D eigenvalue weighted by Gasteiger charge is 2.25. The van der Waals surface area contributed by atoms with Crippen LogP contribution in [0.1, 0.15) is 37.7 Å². The Kier molecular flexibility index (Phi) is 4.04. The molecule has 0 bridgehead atoms. The van der Waals surface area contributed by atoms with Crippen molar-refractivity contribution in [2.24, 2.45) is 0 Å². The second kappa shape index (κ2) is 5.38. The largest absolute Gasteiger partial charge is 0.744 e. The van der Waals surface area contributed by atoms with Crippen LogP contribution in [-0.2, 0) is 14.9 Å². The third-order valence-electron chi connectivity index (χ3n) is 3.45. The molecule has 0 spiro atoms. The van der Waals surface area contributed by atoms with Gasteiger partial charge < -0.3 is 9.29 Å². The van der Waals surface area contributed by atoms with Gasteiger partial charge in [-0.05, 0) is 36.8 Å².